The number of hydrogen-bond acceptors (Lipinski definition) is 3. The number of sulfonamides is 1. The Hall–Kier alpha value is -2.88. The van der Waals surface area contributed by atoms with Crippen LogP contribution in [0.4, 0.5) is 0 Å². The molecule has 1 heterocycles. The Labute approximate surface area is 140 Å². The molecule has 3 aromatic rings. The largest absolute Gasteiger partial charge is 0.267 e. The van der Waals surface area contributed by atoms with Crippen molar-refractivity contribution in [3.05, 3.63) is 71.9 Å². The predicted molar refractivity (Wildman–Crippen MR) is 92.4 cm³/mol. The van der Waals surface area contributed by atoms with Gasteiger partial charge < -0.3 is 0 Å². The predicted octanol–water partition coefficient (Wildman–Crippen LogP) is 2.13. The van der Waals surface area contributed by atoms with Crippen LogP contribution in [0.2, 0.25) is 0 Å². The maximum absolute atomic E-state index is 11.4. The SMILES string of the molecule is Cn1ncc(C#Cc2cccc(S(N)(=O)=O)c2)c1-c1ccccc1. The molecule has 0 amide bonds. The lowest BCUT2D eigenvalue weighted by Crippen LogP contribution is -2.11. The third-order valence-corrected chi connectivity index (χ3v) is 4.40. The van der Waals surface area contributed by atoms with E-state index in [1.165, 1.54) is 12.1 Å². The Morgan fingerprint density at radius 3 is 2.50 bits per heavy atom. The molecule has 24 heavy (non-hydrogen) atoms. The number of hydrogen-bond donors (Lipinski definition) is 1. The average Bonchev–Trinajstić information content (AvgIpc) is 2.94. The van der Waals surface area contributed by atoms with E-state index in [1.807, 2.05) is 37.4 Å². The second-order valence-corrected chi connectivity index (χ2v) is 6.78. The molecule has 0 spiro atoms. The van der Waals surface area contributed by atoms with Crippen molar-refractivity contribution in [1.29, 1.82) is 0 Å². The lowest BCUT2D eigenvalue weighted by Gasteiger charge is -2.02. The standard InChI is InChI=1S/C18H15N3O2S/c1-21-18(15-7-3-2-4-8-15)16(13-20-21)11-10-14-6-5-9-17(12-14)24(19,22)23/h2-9,12-13H,1H3,(H2,19,22,23). The summed E-state index contributed by atoms with van der Waals surface area (Å²) in [5, 5.41) is 9.41. The maximum Gasteiger partial charge on any atom is 0.238 e. The molecule has 0 saturated carbocycles. The normalized spacial score (nSPS) is 10.9. The summed E-state index contributed by atoms with van der Waals surface area (Å²) in [5.74, 6) is 6.03. The van der Waals surface area contributed by atoms with E-state index in [0.29, 0.717) is 5.56 Å². The van der Waals surface area contributed by atoms with Gasteiger partial charge in [-0.15, -0.1) is 0 Å². The van der Waals surface area contributed by atoms with Crippen LogP contribution in [0.3, 0.4) is 0 Å². The van der Waals surface area contributed by atoms with Gasteiger partial charge in [-0.2, -0.15) is 5.10 Å². The summed E-state index contributed by atoms with van der Waals surface area (Å²) < 4.78 is 24.6. The van der Waals surface area contributed by atoms with Gasteiger partial charge in [-0.3, -0.25) is 4.68 Å². The van der Waals surface area contributed by atoms with Crippen molar-refractivity contribution in [3.63, 3.8) is 0 Å². The minimum atomic E-state index is -3.74. The van der Waals surface area contributed by atoms with Crippen molar-refractivity contribution in [2.45, 2.75) is 4.90 Å². The molecule has 2 aromatic carbocycles. The Bertz CT molecular complexity index is 1040. The van der Waals surface area contributed by atoms with Crippen LogP contribution in [0.1, 0.15) is 11.1 Å². The molecule has 0 saturated heterocycles. The molecule has 0 unspecified atom stereocenters. The molecule has 0 atom stereocenters. The summed E-state index contributed by atoms with van der Waals surface area (Å²) >= 11 is 0. The van der Waals surface area contributed by atoms with Crippen LogP contribution in [0, 0.1) is 11.8 Å². The van der Waals surface area contributed by atoms with E-state index < -0.39 is 10.0 Å². The second-order valence-electron chi connectivity index (χ2n) is 5.22. The Kier molecular flexibility index (Phi) is 4.21. The minimum absolute atomic E-state index is 0.0452. The Morgan fingerprint density at radius 2 is 1.79 bits per heavy atom. The molecule has 2 N–H and O–H groups in total. The zero-order valence-corrected chi connectivity index (χ0v) is 13.8. The van der Waals surface area contributed by atoms with Crippen molar-refractivity contribution in [2.24, 2.45) is 12.2 Å². The highest BCUT2D eigenvalue weighted by Crippen LogP contribution is 2.22. The third-order valence-electron chi connectivity index (χ3n) is 3.49. The highest BCUT2D eigenvalue weighted by molar-refractivity contribution is 7.89. The smallest absolute Gasteiger partial charge is 0.238 e. The maximum atomic E-state index is 11.4. The monoisotopic (exact) mass is 337 g/mol. The molecule has 3 rings (SSSR count). The number of nitrogens with two attached hydrogens (primary N) is 1. The highest BCUT2D eigenvalue weighted by Gasteiger charge is 2.09. The van der Waals surface area contributed by atoms with Crippen LogP contribution in [-0.4, -0.2) is 18.2 Å². The summed E-state index contributed by atoms with van der Waals surface area (Å²) in [6.45, 7) is 0. The summed E-state index contributed by atoms with van der Waals surface area (Å²) in [6, 6.07) is 16.1. The summed E-state index contributed by atoms with van der Waals surface area (Å²) in [5.41, 5.74) is 3.26. The van der Waals surface area contributed by atoms with Gasteiger partial charge in [-0.1, -0.05) is 48.2 Å². The van der Waals surface area contributed by atoms with Gasteiger partial charge >= 0.3 is 0 Å². The van der Waals surface area contributed by atoms with E-state index >= 15 is 0 Å². The summed E-state index contributed by atoms with van der Waals surface area (Å²) in [4.78, 5) is 0.0452. The zero-order chi connectivity index (χ0) is 17.2. The van der Waals surface area contributed by atoms with Gasteiger partial charge in [0.05, 0.1) is 22.3 Å². The molecule has 0 fully saturated rings. The first-order valence-corrected chi connectivity index (χ1v) is 8.72. The number of aromatic nitrogens is 2. The number of aryl methyl sites for hydroxylation is 1. The minimum Gasteiger partial charge on any atom is -0.267 e. The molecule has 6 heteroatoms. The van der Waals surface area contributed by atoms with E-state index in [4.69, 9.17) is 5.14 Å². The topological polar surface area (TPSA) is 78.0 Å². The fraction of sp³-hybridized carbons (Fsp3) is 0.0556. The van der Waals surface area contributed by atoms with Gasteiger partial charge in [0.25, 0.3) is 0 Å². The first-order valence-electron chi connectivity index (χ1n) is 7.17. The van der Waals surface area contributed by atoms with Crippen LogP contribution in [0.5, 0.6) is 0 Å². The molecular formula is C18H15N3O2S. The van der Waals surface area contributed by atoms with E-state index in [1.54, 1.807) is 23.0 Å². The van der Waals surface area contributed by atoms with Crippen LogP contribution < -0.4 is 5.14 Å². The number of rotatable bonds is 2. The molecule has 1 aromatic heterocycles. The van der Waals surface area contributed by atoms with E-state index in [0.717, 1.165) is 16.8 Å². The highest BCUT2D eigenvalue weighted by atomic mass is 32.2. The second kappa shape index (κ2) is 6.32. The van der Waals surface area contributed by atoms with E-state index in [2.05, 4.69) is 16.9 Å². The Balaban J connectivity index is 2.02. The van der Waals surface area contributed by atoms with Crippen LogP contribution >= 0.6 is 0 Å². The quantitative estimate of drug-likeness (QED) is 0.728. The molecule has 0 bridgehead atoms. The lowest BCUT2D eigenvalue weighted by atomic mass is 10.1. The molecule has 5 nitrogen and oxygen atoms in total. The molecule has 0 aliphatic carbocycles. The zero-order valence-electron chi connectivity index (χ0n) is 13.0. The number of benzene rings is 2. The van der Waals surface area contributed by atoms with Crippen LogP contribution in [-0.2, 0) is 17.1 Å². The van der Waals surface area contributed by atoms with Gasteiger partial charge in [0.15, 0.2) is 0 Å². The molecule has 0 radical (unpaired) electrons. The number of nitrogens with zero attached hydrogens (tertiary/aromatic N) is 2. The van der Waals surface area contributed by atoms with E-state index in [-0.39, 0.29) is 4.90 Å². The van der Waals surface area contributed by atoms with Gasteiger partial charge in [0.2, 0.25) is 10.0 Å². The average molecular weight is 337 g/mol. The molecule has 0 aliphatic heterocycles. The lowest BCUT2D eigenvalue weighted by molar-refractivity contribution is 0.598. The van der Waals surface area contributed by atoms with Crippen LogP contribution in [0.25, 0.3) is 11.3 Å². The summed E-state index contributed by atoms with van der Waals surface area (Å²) in [6.07, 6.45) is 1.69. The van der Waals surface area contributed by atoms with E-state index in [9.17, 15) is 8.42 Å². The van der Waals surface area contributed by atoms with Gasteiger partial charge in [0, 0.05) is 18.2 Å². The van der Waals surface area contributed by atoms with Gasteiger partial charge in [-0.05, 0) is 18.2 Å². The number of primary sulfonamides is 1. The summed E-state index contributed by atoms with van der Waals surface area (Å²) in [7, 11) is -1.88. The third kappa shape index (κ3) is 3.38. The van der Waals surface area contributed by atoms with Crippen molar-refractivity contribution < 1.29 is 8.42 Å². The first-order chi connectivity index (χ1) is 11.4. The fourth-order valence-corrected chi connectivity index (χ4v) is 2.92. The van der Waals surface area contributed by atoms with Gasteiger partial charge in [0.1, 0.15) is 0 Å². The van der Waals surface area contributed by atoms with Crippen LogP contribution in [0.15, 0.2) is 65.7 Å². The van der Waals surface area contributed by atoms with Gasteiger partial charge in [-0.25, -0.2) is 13.6 Å². The molecule has 0 aliphatic rings. The fourth-order valence-electron chi connectivity index (χ4n) is 2.36. The first kappa shape index (κ1) is 16.0. The molecule has 120 valence electrons. The van der Waals surface area contributed by atoms with Crippen molar-refractivity contribution >= 4 is 10.0 Å². The molecular weight excluding hydrogens is 322 g/mol. The van der Waals surface area contributed by atoms with Crippen molar-refractivity contribution in [1.82, 2.24) is 9.78 Å². The van der Waals surface area contributed by atoms with Crippen molar-refractivity contribution in [3.8, 4) is 23.1 Å². The van der Waals surface area contributed by atoms with Crippen molar-refractivity contribution in [2.75, 3.05) is 0 Å². The Morgan fingerprint density at radius 1 is 1.04 bits per heavy atom.